The predicted molar refractivity (Wildman–Crippen MR) is 75.7 cm³/mol. The van der Waals surface area contributed by atoms with E-state index in [1.165, 1.54) is 0 Å². The zero-order valence-electron chi connectivity index (χ0n) is 10.1. The molecule has 0 unspecified atom stereocenters. The van der Waals surface area contributed by atoms with E-state index in [0.29, 0.717) is 16.6 Å². The number of methoxy groups -OCH3 is 1. The molecular weight excluding hydrogens is 256 g/mol. The van der Waals surface area contributed by atoms with Crippen molar-refractivity contribution in [1.82, 2.24) is 4.90 Å². The SMILES string of the molecule is CCN(CC(N)=S)Cc1cc(Cl)ccc1OC. The number of thiocarbonyl (C=S) groups is 1. The van der Waals surface area contributed by atoms with Gasteiger partial charge in [0.25, 0.3) is 0 Å². The molecular formula is C12H17ClN2OS. The molecule has 0 fully saturated rings. The standard InChI is InChI=1S/C12H17ClN2OS/c1-3-15(8-12(14)17)7-9-6-10(13)4-5-11(9)16-2/h4-6H,3,7-8H2,1-2H3,(H2,14,17). The number of hydrogen-bond donors (Lipinski definition) is 1. The van der Waals surface area contributed by atoms with Crippen molar-refractivity contribution in [3.05, 3.63) is 28.8 Å². The molecule has 1 aromatic carbocycles. The Balaban J connectivity index is 2.84. The fourth-order valence-corrected chi connectivity index (χ4v) is 1.99. The second kappa shape index (κ2) is 6.79. The summed E-state index contributed by atoms with van der Waals surface area (Å²) in [5, 5.41) is 0.701. The number of rotatable bonds is 6. The monoisotopic (exact) mass is 272 g/mol. The largest absolute Gasteiger partial charge is 0.496 e. The minimum atomic E-state index is 0.493. The summed E-state index contributed by atoms with van der Waals surface area (Å²) >= 11 is 10.9. The van der Waals surface area contributed by atoms with E-state index < -0.39 is 0 Å². The summed E-state index contributed by atoms with van der Waals surface area (Å²) in [5.41, 5.74) is 6.60. The highest BCUT2D eigenvalue weighted by Crippen LogP contribution is 2.23. The van der Waals surface area contributed by atoms with Gasteiger partial charge in [-0.2, -0.15) is 0 Å². The third kappa shape index (κ3) is 4.50. The summed E-state index contributed by atoms with van der Waals surface area (Å²) in [5.74, 6) is 0.829. The summed E-state index contributed by atoms with van der Waals surface area (Å²) in [6, 6.07) is 5.59. The predicted octanol–water partition coefficient (Wildman–Crippen LogP) is 2.46. The number of nitrogens with zero attached hydrogens (tertiary/aromatic N) is 1. The van der Waals surface area contributed by atoms with E-state index in [2.05, 4.69) is 11.8 Å². The van der Waals surface area contributed by atoms with Gasteiger partial charge in [0.05, 0.1) is 12.1 Å². The zero-order chi connectivity index (χ0) is 12.8. The molecule has 0 aromatic heterocycles. The molecule has 0 bridgehead atoms. The summed E-state index contributed by atoms with van der Waals surface area (Å²) in [7, 11) is 1.65. The van der Waals surface area contributed by atoms with Crippen molar-refractivity contribution >= 4 is 28.8 Å². The van der Waals surface area contributed by atoms with Crippen LogP contribution in [0.5, 0.6) is 5.75 Å². The van der Waals surface area contributed by atoms with E-state index in [4.69, 9.17) is 34.3 Å². The van der Waals surface area contributed by atoms with Crippen LogP contribution >= 0.6 is 23.8 Å². The minimum absolute atomic E-state index is 0.493. The van der Waals surface area contributed by atoms with Crippen molar-refractivity contribution < 1.29 is 4.74 Å². The fraction of sp³-hybridized carbons (Fsp3) is 0.417. The average Bonchev–Trinajstić information content (AvgIpc) is 2.28. The molecule has 0 saturated carbocycles. The van der Waals surface area contributed by atoms with Crippen LogP contribution < -0.4 is 10.5 Å². The molecule has 0 saturated heterocycles. The lowest BCUT2D eigenvalue weighted by Crippen LogP contribution is -2.32. The number of hydrogen-bond acceptors (Lipinski definition) is 3. The molecule has 0 heterocycles. The van der Waals surface area contributed by atoms with Crippen molar-refractivity contribution in [2.45, 2.75) is 13.5 Å². The topological polar surface area (TPSA) is 38.5 Å². The van der Waals surface area contributed by atoms with Crippen LogP contribution in [0.4, 0.5) is 0 Å². The zero-order valence-corrected chi connectivity index (χ0v) is 11.6. The summed E-state index contributed by atoms with van der Waals surface area (Å²) in [4.78, 5) is 2.63. The third-order valence-corrected chi connectivity index (χ3v) is 2.83. The van der Waals surface area contributed by atoms with Gasteiger partial charge in [-0.25, -0.2) is 0 Å². The Morgan fingerprint density at radius 1 is 1.53 bits per heavy atom. The van der Waals surface area contributed by atoms with Gasteiger partial charge in [0, 0.05) is 23.7 Å². The van der Waals surface area contributed by atoms with Crippen LogP contribution in [0.3, 0.4) is 0 Å². The lowest BCUT2D eigenvalue weighted by Gasteiger charge is -2.21. The van der Waals surface area contributed by atoms with E-state index in [1.807, 2.05) is 18.2 Å². The van der Waals surface area contributed by atoms with E-state index in [0.717, 1.165) is 24.4 Å². The maximum atomic E-state index is 5.98. The number of ether oxygens (including phenoxy) is 1. The molecule has 0 atom stereocenters. The quantitative estimate of drug-likeness (QED) is 0.808. The number of nitrogens with two attached hydrogens (primary N) is 1. The molecule has 0 aliphatic carbocycles. The van der Waals surface area contributed by atoms with Crippen molar-refractivity contribution in [1.29, 1.82) is 0 Å². The molecule has 0 spiro atoms. The molecule has 1 aromatic rings. The Kier molecular flexibility index (Phi) is 5.68. The van der Waals surface area contributed by atoms with Gasteiger partial charge < -0.3 is 10.5 Å². The van der Waals surface area contributed by atoms with Gasteiger partial charge in [-0.1, -0.05) is 30.7 Å². The van der Waals surface area contributed by atoms with Gasteiger partial charge in [0.15, 0.2) is 0 Å². The molecule has 2 N–H and O–H groups in total. The van der Waals surface area contributed by atoms with Gasteiger partial charge in [0.2, 0.25) is 0 Å². The minimum Gasteiger partial charge on any atom is -0.496 e. The van der Waals surface area contributed by atoms with Crippen molar-refractivity contribution in [3.63, 3.8) is 0 Å². The first-order chi connectivity index (χ1) is 8.06. The van der Waals surface area contributed by atoms with Gasteiger partial charge in [0.1, 0.15) is 5.75 Å². The van der Waals surface area contributed by atoms with Crippen LogP contribution in [-0.4, -0.2) is 30.1 Å². The highest BCUT2D eigenvalue weighted by Gasteiger charge is 2.09. The Bertz CT molecular complexity index is 398. The molecule has 17 heavy (non-hydrogen) atoms. The van der Waals surface area contributed by atoms with E-state index in [-0.39, 0.29) is 0 Å². The normalized spacial score (nSPS) is 10.6. The Morgan fingerprint density at radius 2 is 2.24 bits per heavy atom. The van der Waals surface area contributed by atoms with Crippen molar-refractivity contribution in [3.8, 4) is 5.75 Å². The second-order valence-electron chi connectivity index (χ2n) is 3.73. The highest BCUT2D eigenvalue weighted by molar-refractivity contribution is 7.80. The molecule has 94 valence electrons. The van der Waals surface area contributed by atoms with Crippen LogP contribution in [0.15, 0.2) is 18.2 Å². The highest BCUT2D eigenvalue weighted by atomic mass is 35.5. The van der Waals surface area contributed by atoms with Crippen LogP contribution in [0.2, 0.25) is 5.02 Å². The van der Waals surface area contributed by atoms with Gasteiger partial charge in [-0.15, -0.1) is 0 Å². The average molecular weight is 273 g/mol. The maximum Gasteiger partial charge on any atom is 0.123 e. The van der Waals surface area contributed by atoms with Crippen LogP contribution in [0.25, 0.3) is 0 Å². The van der Waals surface area contributed by atoms with E-state index in [1.54, 1.807) is 7.11 Å². The first-order valence-electron chi connectivity index (χ1n) is 5.40. The van der Waals surface area contributed by atoms with Crippen molar-refractivity contribution in [2.24, 2.45) is 5.73 Å². The Morgan fingerprint density at radius 3 is 2.76 bits per heavy atom. The molecule has 3 nitrogen and oxygen atoms in total. The number of halogens is 1. The summed E-state index contributed by atoms with van der Waals surface area (Å²) < 4.78 is 5.30. The van der Waals surface area contributed by atoms with Crippen LogP contribution in [0, 0.1) is 0 Å². The van der Waals surface area contributed by atoms with Gasteiger partial charge in [-0.05, 0) is 24.7 Å². The number of likely N-dealkylation sites (N-methyl/N-ethyl adjacent to an activating group) is 1. The number of benzene rings is 1. The summed E-state index contributed by atoms with van der Waals surface area (Å²) in [6.07, 6.45) is 0. The lowest BCUT2D eigenvalue weighted by molar-refractivity contribution is 0.312. The molecule has 0 aliphatic heterocycles. The van der Waals surface area contributed by atoms with Crippen molar-refractivity contribution in [2.75, 3.05) is 20.2 Å². The first-order valence-corrected chi connectivity index (χ1v) is 6.18. The molecule has 1 rings (SSSR count). The van der Waals surface area contributed by atoms with Crippen LogP contribution in [0.1, 0.15) is 12.5 Å². The molecule has 0 amide bonds. The Labute approximate surface area is 112 Å². The first kappa shape index (κ1) is 14.2. The summed E-state index contributed by atoms with van der Waals surface area (Å²) in [6.45, 7) is 4.25. The molecule has 0 radical (unpaired) electrons. The van der Waals surface area contributed by atoms with E-state index >= 15 is 0 Å². The van der Waals surface area contributed by atoms with Gasteiger partial charge >= 0.3 is 0 Å². The van der Waals surface area contributed by atoms with Crippen LogP contribution in [-0.2, 0) is 6.54 Å². The molecule has 5 heteroatoms. The Hall–Kier alpha value is -0.840. The maximum absolute atomic E-state index is 5.98. The van der Waals surface area contributed by atoms with Gasteiger partial charge in [-0.3, -0.25) is 4.90 Å². The smallest absolute Gasteiger partial charge is 0.123 e. The fourth-order valence-electron chi connectivity index (χ4n) is 1.61. The second-order valence-corrected chi connectivity index (χ2v) is 4.69. The lowest BCUT2D eigenvalue weighted by atomic mass is 10.2. The molecule has 0 aliphatic rings. The third-order valence-electron chi connectivity index (χ3n) is 2.46. The van der Waals surface area contributed by atoms with E-state index in [9.17, 15) is 0 Å².